The molecule has 6 heteroatoms. The minimum absolute atomic E-state index is 0.111. The summed E-state index contributed by atoms with van der Waals surface area (Å²) in [5.74, 6) is 6.75. The predicted molar refractivity (Wildman–Crippen MR) is 77.6 cm³/mol. The molecule has 0 saturated heterocycles. The molecule has 0 spiro atoms. The minimum Gasteiger partial charge on any atom is -0.493 e. The Morgan fingerprint density at radius 2 is 1.90 bits per heavy atom. The number of nitrogens with zero attached hydrogens (tertiary/aromatic N) is 1. The summed E-state index contributed by atoms with van der Waals surface area (Å²) < 4.78 is 11.1. The molecule has 0 bridgehead atoms. The second kappa shape index (κ2) is 9.17. The van der Waals surface area contributed by atoms with E-state index in [0.29, 0.717) is 32.6 Å². The largest absolute Gasteiger partial charge is 0.493 e. The lowest BCUT2D eigenvalue weighted by Crippen LogP contribution is -2.27. The molecule has 0 heterocycles. The molecule has 1 aromatic rings. The maximum absolute atomic E-state index is 11.4. The Labute approximate surface area is 119 Å². The lowest BCUT2D eigenvalue weighted by atomic mass is 10.3. The lowest BCUT2D eigenvalue weighted by Gasteiger charge is -2.11. The molecule has 0 saturated carbocycles. The molecule has 3 N–H and O–H groups in total. The third kappa shape index (κ3) is 6.40. The van der Waals surface area contributed by atoms with E-state index in [1.165, 1.54) is 0 Å². The molecule has 0 aliphatic heterocycles. The van der Waals surface area contributed by atoms with Gasteiger partial charge in [0.2, 0.25) is 5.91 Å². The number of nitrogens with two attached hydrogens (primary N) is 1. The summed E-state index contributed by atoms with van der Waals surface area (Å²) >= 11 is 0. The summed E-state index contributed by atoms with van der Waals surface area (Å²) in [6.07, 6.45) is 1.19. The zero-order chi connectivity index (χ0) is 14.8. The van der Waals surface area contributed by atoms with Crippen molar-refractivity contribution >= 4 is 5.91 Å². The second-order valence-corrected chi connectivity index (χ2v) is 4.52. The standard InChI is InChI=1S/C14H23N3O3/c1-17(2)14(18)7-4-9-19-12-5-3-6-13(11-12)20-10-8-16-15/h3,5-6,11,16H,4,7-10,15H2,1-2H3. The average Bonchev–Trinajstić information content (AvgIpc) is 2.44. The van der Waals surface area contributed by atoms with Crippen molar-refractivity contribution in [1.82, 2.24) is 10.3 Å². The van der Waals surface area contributed by atoms with Crippen LogP contribution in [0.25, 0.3) is 0 Å². The summed E-state index contributed by atoms with van der Waals surface area (Å²) in [4.78, 5) is 13.0. The topological polar surface area (TPSA) is 76.8 Å². The third-order valence-electron chi connectivity index (χ3n) is 2.62. The molecular weight excluding hydrogens is 258 g/mol. The Morgan fingerprint density at radius 3 is 2.50 bits per heavy atom. The molecule has 0 aromatic heterocycles. The highest BCUT2D eigenvalue weighted by Gasteiger charge is 2.03. The van der Waals surface area contributed by atoms with Gasteiger partial charge >= 0.3 is 0 Å². The molecule has 1 rings (SSSR count). The first kappa shape index (κ1) is 16.3. The first-order valence-electron chi connectivity index (χ1n) is 6.62. The molecule has 1 aromatic carbocycles. The van der Waals surface area contributed by atoms with Crippen molar-refractivity contribution < 1.29 is 14.3 Å². The van der Waals surface area contributed by atoms with Crippen molar-refractivity contribution in [2.45, 2.75) is 12.8 Å². The van der Waals surface area contributed by atoms with E-state index in [1.54, 1.807) is 19.0 Å². The van der Waals surface area contributed by atoms with Crippen molar-refractivity contribution in [1.29, 1.82) is 0 Å². The quantitative estimate of drug-likeness (QED) is 0.397. The van der Waals surface area contributed by atoms with E-state index in [2.05, 4.69) is 5.43 Å². The molecule has 0 aliphatic rings. The van der Waals surface area contributed by atoms with Crippen molar-refractivity contribution in [3.63, 3.8) is 0 Å². The SMILES string of the molecule is CN(C)C(=O)CCCOc1cccc(OCCNN)c1. The third-order valence-corrected chi connectivity index (χ3v) is 2.62. The fraction of sp³-hybridized carbons (Fsp3) is 0.500. The van der Waals surface area contributed by atoms with Crippen LogP contribution in [0.1, 0.15) is 12.8 Å². The molecule has 1 amide bonds. The number of hydrogen-bond acceptors (Lipinski definition) is 5. The van der Waals surface area contributed by atoms with Gasteiger partial charge in [0, 0.05) is 33.1 Å². The highest BCUT2D eigenvalue weighted by molar-refractivity contribution is 5.75. The Morgan fingerprint density at radius 1 is 1.25 bits per heavy atom. The van der Waals surface area contributed by atoms with Crippen LogP contribution in [-0.4, -0.2) is 44.7 Å². The van der Waals surface area contributed by atoms with E-state index in [0.717, 1.165) is 11.5 Å². The first-order valence-corrected chi connectivity index (χ1v) is 6.62. The Kier molecular flexibility index (Phi) is 7.46. The van der Waals surface area contributed by atoms with Gasteiger partial charge in [0.05, 0.1) is 6.61 Å². The summed E-state index contributed by atoms with van der Waals surface area (Å²) in [5.41, 5.74) is 2.52. The lowest BCUT2D eigenvalue weighted by molar-refractivity contribution is -0.128. The highest BCUT2D eigenvalue weighted by atomic mass is 16.5. The maximum atomic E-state index is 11.4. The molecule has 0 atom stereocenters. The highest BCUT2D eigenvalue weighted by Crippen LogP contribution is 2.19. The van der Waals surface area contributed by atoms with Crippen LogP contribution in [0.3, 0.4) is 0 Å². The zero-order valence-electron chi connectivity index (χ0n) is 12.1. The normalized spacial score (nSPS) is 10.2. The molecule has 0 fully saturated rings. The number of rotatable bonds is 9. The second-order valence-electron chi connectivity index (χ2n) is 4.52. The smallest absolute Gasteiger partial charge is 0.222 e. The first-order chi connectivity index (χ1) is 9.63. The fourth-order valence-corrected chi connectivity index (χ4v) is 1.52. The van der Waals surface area contributed by atoms with Gasteiger partial charge in [-0.05, 0) is 18.6 Å². The van der Waals surface area contributed by atoms with Gasteiger partial charge in [-0.2, -0.15) is 0 Å². The van der Waals surface area contributed by atoms with Crippen molar-refractivity contribution in [2.24, 2.45) is 5.84 Å². The van der Waals surface area contributed by atoms with Crippen LogP contribution >= 0.6 is 0 Å². The van der Waals surface area contributed by atoms with E-state index in [9.17, 15) is 4.79 Å². The van der Waals surface area contributed by atoms with Gasteiger partial charge in [0.15, 0.2) is 0 Å². The Hall–Kier alpha value is -1.79. The number of carbonyl (C=O) groups is 1. The van der Waals surface area contributed by atoms with Gasteiger partial charge in [-0.25, -0.2) is 0 Å². The van der Waals surface area contributed by atoms with Crippen LogP contribution in [0.5, 0.6) is 11.5 Å². The van der Waals surface area contributed by atoms with Crippen molar-refractivity contribution in [3.05, 3.63) is 24.3 Å². The van der Waals surface area contributed by atoms with Crippen molar-refractivity contribution in [2.75, 3.05) is 33.9 Å². The zero-order valence-corrected chi connectivity index (χ0v) is 12.1. The average molecular weight is 281 g/mol. The van der Waals surface area contributed by atoms with Gasteiger partial charge in [-0.15, -0.1) is 0 Å². The summed E-state index contributed by atoms with van der Waals surface area (Å²) in [7, 11) is 3.50. The molecular formula is C14H23N3O3. The Bertz CT molecular complexity index is 410. The monoisotopic (exact) mass is 281 g/mol. The number of amides is 1. The van der Waals surface area contributed by atoms with Gasteiger partial charge in [0.25, 0.3) is 0 Å². The van der Waals surface area contributed by atoms with Crippen LogP contribution in [0.4, 0.5) is 0 Å². The van der Waals surface area contributed by atoms with E-state index < -0.39 is 0 Å². The van der Waals surface area contributed by atoms with Gasteiger partial charge in [0.1, 0.15) is 18.1 Å². The molecule has 112 valence electrons. The number of ether oxygens (including phenoxy) is 2. The van der Waals surface area contributed by atoms with Gasteiger partial charge in [-0.3, -0.25) is 16.1 Å². The number of hydrogen-bond donors (Lipinski definition) is 2. The molecule has 0 aliphatic carbocycles. The number of nitrogens with one attached hydrogen (secondary N) is 1. The molecule has 20 heavy (non-hydrogen) atoms. The van der Waals surface area contributed by atoms with Crippen LogP contribution in [-0.2, 0) is 4.79 Å². The van der Waals surface area contributed by atoms with Gasteiger partial charge in [-0.1, -0.05) is 6.07 Å². The van der Waals surface area contributed by atoms with E-state index in [1.807, 2.05) is 24.3 Å². The van der Waals surface area contributed by atoms with Crippen LogP contribution in [0.2, 0.25) is 0 Å². The predicted octanol–water partition coefficient (Wildman–Crippen LogP) is 0.776. The molecule has 6 nitrogen and oxygen atoms in total. The summed E-state index contributed by atoms with van der Waals surface area (Å²) in [6.45, 7) is 1.59. The van der Waals surface area contributed by atoms with Crippen molar-refractivity contribution in [3.8, 4) is 11.5 Å². The van der Waals surface area contributed by atoms with Crippen LogP contribution in [0.15, 0.2) is 24.3 Å². The maximum Gasteiger partial charge on any atom is 0.222 e. The Balaban J connectivity index is 2.29. The van der Waals surface area contributed by atoms with E-state index in [-0.39, 0.29) is 5.91 Å². The van der Waals surface area contributed by atoms with E-state index in [4.69, 9.17) is 15.3 Å². The minimum atomic E-state index is 0.111. The molecule has 0 radical (unpaired) electrons. The molecule has 0 unspecified atom stereocenters. The van der Waals surface area contributed by atoms with Crippen LogP contribution in [0, 0.1) is 0 Å². The fourth-order valence-electron chi connectivity index (χ4n) is 1.52. The summed E-state index contributed by atoms with van der Waals surface area (Å²) in [6, 6.07) is 7.41. The number of carbonyl (C=O) groups excluding carboxylic acids is 1. The number of hydrazine groups is 1. The van der Waals surface area contributed by atoms with Gasteiger partial charge < -0.3 is 14.4 Å². The number of benzene rings is 1. The van der Waals surface area contributed by atoms with Crippen LogP contribution < -0.4 is 20.7 Å². The van der Waals surface area contributed by atoms with E-state index >= 15 is 0 Å². The summed E-state index contributed by atoms with van der Waals surface area (Å²) in [5, 5.41) is 0.